The number of hydrogen-bond acceptors (Lipinski definition) is 3. The first-order chi connectivity index (χ1) is 8.86. The van der Waals surface area contributed by atoms with Gasteiger partial charge in [0, 0.05) is 17.4 Å². The number of nitrogens with one attached hydrogen (secondary N) is 1. The lowest BCUT2D eigenvalue weighted by Crippen LogP contribution is -2.40. The molecule has 1 aromatic rings. The molecule has 0 spiro atoms. The third-order valence-corrected chi connectivity index (χ3v) is 3.38. The Labute approximate surface area is 118 Å². The third-order valence-electron chi connectivity index (χ3n) is 2.69. The van der Waals surface area contributed by atoms with Crippen LogP contribution in [-0.2, 0) is 0 Å². The van der Waals surface area contributed by atoms with Crippen LogP contribution in [0.15, 0.2) is 18.2 Å². The maximum absolute atomic E-state index is 13.1. The fourth-order valence-electron chi connectivity index (χ4n) is 1.48. The molecule has 19 heavy (non-hydrogen) atoms. The molecule has 104 valence electrons. The molecule has 0 aliphatic carbocycles. The fourth-order valence-corrected chi connectivity index (χ4v) is 2.39. The first-order valence-corrected chi connectivity index (χ1v) is 6.79. The molecule has 0 saturated carbocycles. The molecule has 0 radical (unpaired) electrons. The molecule has 1 aromatic carbocycles. The van der Waals surface area contributed by atoms with Gasteiger partial charge in [0.15, 0.2) is 0 Å². The van der Waals surface area contributed by atoms with Crippen molar-refractivity contribution in [2.24, 2.45) is 5.92 Å². The van der Waals surface area contributed by atoms with Crippen molar-refractivity contribution in [3.63, 3.8) is 0 Å². The quantitative estimate of drug-likeness (QED) is 0.512. The van der Waals surface area contributed by atoms with Gasteiger partial charge in [-0.1, -0.05) is 29.8 Å². The second-order valence-electron chi connectivity index (χ2n) is 4.40. The van der Waals surface area contributed by atoms with Gasteiger partial charge >= 0.3 is 0 Å². The maximum atomic E-state index is 13.1. The summed E-state index contributed by atoms with van der Waals surface area (Å²) in [5.41, 5.74) is -0.674. The first-order valence-electron chi connectivity index (χ1n) is 5.67. The number of nitro groups is 1. The number of nitrogens with zero attached hydrogens (tertiary/aromatic N) is 1. The van der Waals surface area contributed by atoms with E-state index in [0.29, 0.717) is 5.33 Å². The number of carbonyl (C=O) groups excluding carboxylic acids is 1. The van der Waals surface area contributed by atoms with Crippen LogP contribution in [0, 0.1) is 21.8 Å². The van der Waals surface area contributed by atoms with Crippen LogP contribution in [-0.4, -0.2) is 22.2 Å². The Balaban J connectivity index is 3.05. The minimum atomic E-state index is -0.702. The van der Waals surface area contributed by atoms with Crippen molar-refractivity contribution < 1.29 is 14.1 Å². The predicted molar refractivity (Wildman–Crippen MR) is 72.9 cm³/mol. The number of halogens is 2. The van der Waals surface area contributed by atoms with E-state index in [2.05, 4.69) is 21.2 Å². The van der Waals surface area contributed by atoms with Gasteiger partial charge in [0.05, 0.1) is 4.92 Å². The summed E-state index contributed by atoms with van der Waals surface area (Å²) in [6, 6.07) is 2.64. The molecule has 5 nitrogen and oxygen atoms in total. The van der Waals surface area contributed by atoms with Crippen LogP contribution in [0.25, 0.3) is 0 Å². The monoisotopic (exact) mass is 332 g/mol. The van der Waals surface area contributed by atoms with Crippen molar-refractivity contribution in [2.75, 3.05) is 5.33 Å². The highest BCUT2D eigenvalue weighted by Crippen LogP contribution is 2.20. The van der Waals surface area contributed by atoms with E-state index in [4.69, 9.17) is 0 Å². The number of alkyl halides is 1. The molecule has 1 N–H and O–H groups in total. The summed E-state index contributed by atoms with van der Waals surface area (Å²) in [5.74, 6) is -1.18. The molecule has 0 fully saturated rings. The number of nitro benzene ring substituents is 1. The maximum Gasteiger partial charge on any atom is 0.282 e. The zero-order valence-corrected chi connectivity index (χ0v) is 12.1. The lowest BCUT2D eigenvalue weighted by atomic mass is 10.1. The van der Waals surface area contributed by atoms with Crippen molar-refractivity contribution in [1.29, 1.82) is 0 Å². The van der Waals surface area contributed by atoms with Gasteiger partial charge in [-0.2, -0.15) is 0 Å². The Hall–Kier alpha value is -1.50. The number of benzene rings is 1. The molecule has 7 heteroatoms. The number of carbonyl (C=O) groups is 1. The summed E-state index contributed by atoms with van der Waals surface area (Å²) >= 11 is 3.26. The molecule has 0 saturated heterocycles. The van der Waals surface area contributed by atoms with Crippen LogP contribution >= 0.6 is 15.9 Å². The van der Waals surface area contributed by atoms with Gasteiger partial charge in [0.2, 0.25) is 0 Å². The second-order valence-corrected chi connectivity index (χ2v) is 5.04. The van der Waals surface area contributed by atoms with E-state index in [1.807, 2.05) is 13.8 Å². The van der Waals surface area contributed by atoms with E-state index < -0.39 is 22.3 Å². The lowest BCUT2D eigenvalue weighted by Gasteiger charge is -2.19. The van der Waals surface area contributed by atoms with E-state index in [1.165, 1.54) is 0 Å². The topological polar surface area (TPSA) is 72.2 Å². The Morgan fingerprint density at radius 2 is 2.16 bits per heavy atom. The van der Waals surface area contributed by atoms with Crippen LogP contribution in [0.1, 0.15) is 24.2 Å². The summed E-state index contributed by atoms with van der Waals surface area (Å²) in [4.78, 5) is 22.1. The minimum Gasteiger partial charge on any atom is -0.348 e. The molecule has 0 bridgehead atoms. The summed E-state index contributed by atoms with van der Waals surface area (Å²) in [6.45, 7) is 3.82. The summed E-state index contributed by atoms with van der Waals surface area (Å²) in [5, 5.41) is 14.0. The lowest BCUT2D eigenvalue weighted by molar-refractivity contribution is -0.385. The van der Waals surface area contributed by atoms with Crippen molar-refractivity contribution in [2.45, 2.75) is 19.9 Å². The zero-order valence-electron chi connectivity index (χ0n) is 10.5. The minimum absolute atomic E-state index is 0.149. The van der Waals surface area contributed by atoms with Crippen molar-refractivity contribution in [1.82, 2.24) is 5.32 Å². The highest BCUT2D eigenvalue weighted by atomic mass is 79.9. The SMILES string of the molecule is CC(C)C(CBr)NC(=O)c1cc(F)ccc1[N+](=O)[O-]. The molecule has 0 aliphatic rings. The van der Waals surface area contributed by atoms with E-state index in [-0.39, 0.29) is 17.5 Å². The van der Waals surface area contributed by atoms with Gasteiger partial charge in [-0.15, -0.1) is 0 Å². The molecule has 0 heterocycles. The molecule has 0 aliphatic heterocycles. The molecule has 1 atom stereocenters. The fraction of sp³-hybridized carbons (Fsp3) is 0.417. The number of hydrogen-bond donors (Lipinski definition) is 1. The average Bonchev–Trinajstić information content (AvgIpc) is 2.34. The summed E-state index contributed by atoms with van der Waals surface area (Å²) in [6.07, 6.45) is 0. The second kappa shape index (κ2) is 6.60. The molecule has 1 rings (SSSR count). The normalized spacial score (nSPS) is 12.3. The summed E-state index contributed by atoms with van der Waals surface area (Å²) < 4.78 is 13.1. The van der Waals surface area contributed by atoms with E-state index >= 15 is 0 Å². The Kier molecular flexibility index (Phi) is 5.41. The third kappa shape index (κ3) is 3.99. The van der Waals surface area contributed by atoms with Gasteiger partial charge in [-0.05, 0) is 18.1 Å². The summed E-state index contributed by atoms with van der Waals surface area (Å²) in [7, 11) is 0. The molecular formula is C12H14BrFN2O3. The highest BCUT2D eigenvalue weighted by Gasteiger charge is 2.23. The number of rotatable bonds is 5. The predicted octanol–water partition coefficient (Wildman–Crippen LogP) is 2.88. The van der Waals surface area contributed by atoms with Crippen molar-refractivity contribution in [3.8, 4) is 0 Å². The van der Waals surface area contributed by atoms with Crippen LogP contribution in [0.2, 0.25) is 0 Å². The van der Waals surface area contributed by atoms with Crippen LogP contribution in [0.5, 0.6) is 0 Å². The van der Waals surface area contributed by atoms with Gasteiger partial charge in [0.1, 0.15) is 11.4 Å². The number of amides is 1. The largest absolute Gasteiger partial charge is 0.348 e. The average molecular weight is 333 g/mol. The van der Waals surface area contributed by atoms with E-state index in [9.17, 15) is 19.3 Å². The van der Waals surface area contributed by atoms with Crippen molar-refractivity contribution in [3.05, 3.63) is 39.7 Å². The Morgan fingerprint density at radius 1 is 1.53 bits per heavy atom. The van der Waals surface area contributed by atoms with E-state index in [1.54, 1.807) is 0 Å². The first kappa shape index (κ1) is 15.6. The van der Waals surface area contributed by atoms with Crippen molar-refractivity contribution >= 4 is 27.5 Å². The smallest absolute Gasteiger partial charge is 0.282 e. The standard InChI is InChI=1S/C12H14BrFN2O3/c1-7(2)10(6-13)15-12(17)9-5-8(14)3-4-11(9)16(18)19/h3-5,7,10H,6H2,1-2H3,(H,15,17). The zero-order chi connectivity index (χ0) is 14.6. The Morgan fingerprint density at radius 3 is 2.63 bits per heavy atom. The van der Waals surface area contributed by atoms with Gasteiger partial charge < -0.3 is 5.32 Å². The van der Waals surface area contributed by atoms with Gasteiger partial charge in [0.25, 0.3) is 11.6 Å². The molecule has 1 amide bonds. The highest BCUT2D eigenvalue weighted by molar-refractivity contribution is 9.09. The molecular weight excluding hydrogens is 319 g/mol. The Bertz CT molecular complexity index is 494. The van der Waals surface area contributed by atoms with Gasteiger partial charge in [-0.3, -0.25) is 14.9 Å². The van der Waals surface area contributed by atoms with Crippen LogP contribution < -0.4 is 5.32 Å². The van der Waals surface area contributed by atoms with E-state index in [0.717, 1.165) is 18.2 Å². The molecule has 0 aromatic heterocycles. The molecule has 1 unspecified atom stereocenters. The van der Waals surface area contributed by atoms with Crippen LogP contribution in [0.3, 0.4) is 0 Å². The van der Waals surface area contributed by atoms with Crippen LogP contribution in [0.4, 0.5) is 10.1 Å². The van der Waals surface area contributed by atoms with Gasteiger partial charge in [-0.25, -0.2) is 4.39 Å².